The highest BCUT2D eigenvalue weighted by Gasteiger charge is 2.10. The van der Waals surface area contributed by atoms with E-state index in [1.807, 2.05) is 49.4 Å². The molecule has 2 aromatic carbocycles. The monoisotopic (exact) mass is 348 g/mol. The molecule has 110 valence electrons. The molecule has 5 heteroatoms. The van der Waals surface area contributed by atoms with Crippen molar-refractivity contribution in [2.45, 2.75) is 6.92 Å². The fraction of sp³-hybridized carbons (Fsp3) is 0.188. The molecule has 0 saturated heterocycles. The summed E-state index contributed by atoms with van der Waals surface area (Å²) in [6.07, 6.45) is 1.74. The van der Waals surface area contributed by atoms with Gasteiger partial charge >= 0.3 is 0 Å². The number of para-hydroxylation sites is 1. The van der Waals surface area contributed by atoms with Gasteiger partial charge in [0.2, 0.25) is 0 Å². The Hall–Kier alpha value is -2.01. The Morgan fingerprint density at radius 1 is 1.24 bits per heavy atom. The minimum Gasteiger partial charge on any atom is -0.492 e. The molecule has 2 rings (SSSR count). The van der Waals surface area contributed by atoms with E-state index in [9.17, 15) is 0 Å². The second-order valence-corrected chi connectivity index (χ2v) is 5.06. The molecule has 0 aliphatic rings. The second kappa shape index (κ2) is 7.69. The van der Waals surface area contributed by atoms with Crippen molar-refractivity contribution >= 4 is 27.8 Å². The molecule has 0 aromatic heterocycles. The fourth-order valence-corrected chi connectivity index (χ4v) is 2.44. The Labute approximate surface area is 132 Å². The lowest BCUT2D eigenvalue weighted by molar-refractivity contribution is 0.310. The lowest BCUT2D eigenvalue weighted by atomic mass is 10.2. The summed E-state index contributed by atoms with van der Waals surface area (Å²) in [5.74, 6) is 1.38. The number of benzene rings is 2. The van der Waals surface area contributed by atoms with E-state index in [-0.39, 0.29) is 0 Å². The molecular formula is C16H17BrN2O2. The zero-order chi connectivity index (χ0) is 15.1. The molecule has 0 atom stereocenters. The summed E-state index contributed by atoms with van der Waals surface area (Å²) in [7, 11) is 1.62. The summed E-state index contributed by atoms with van der Waals surface area (Å²) in [4.78, 5) is 0. The van der Waals surface area contributed by atoms with E-state index >= 15 is 0 Å². The van der Waals surface area contributed by atoms with Crippen LogP contribution in [0.3, 0.4) is 0 Å². The number of halogens is 1. The van der Waals surface area contributed by atoms with Gasteiger partial charge in [0, 0.05) is 0 Å². The van der Waals surface area contributed by atoms with Crippen LogP contribution in [0.4, 0.5) is 5.69 Å². The van der Waals surface area contributed by atoms with Crippen LogP contribution in [0, 0.1) is 0 Å². The first-order valence-corrected chi connectivity index (χ1v) is 7.38. The largest absolute Gasteiger partial charge is 0.492 e. The highest BCUT2D eigenvalue weighted by molar-refractivity contribution is 9.10. The fourth-order valence-electron chi connectivity index (χ4n) is 1.82. The Balaban J connectivity index is 2.16. The summed E-state index contributed by atoms with van der Waals surface area (Å²) in [5, 5.41) is 4.22. The standard InChI is InChI=1S/C16H17BrN2O2/c1-3-21-15-10-12(9-14(17)16(15)20-2)11-18-19-13-7-5-4-6-8-13/h4-11,19H,3H2,1-2H3/b18-11-. The van der Waals surface area contributed by atoms with Crippen LogP contribution in [0.15, 0.2) is 52.0 Å². The van der Waals surface area contributed by atoms with E-state index in [1.165, 1.54) is 0 Å². The van der Waals surface area contributed by atoms with Crippen LogP contribution in [0.1, 0.15) is 12.5 Å². The molecule has 0 fully saturated rings. The van der Waals surface area contributed by atoms with Gasteiger partial charge in [-0.2, -0.15) is 5.10 Å². The second-order valence-electron chi connectivity index (χ2n) is 4.20. The van der Waals surface area contributed by atoms with E-state index < -0.39 is 0 Å². The molecule has 21 heavy (non-hydrogen) atoms. The van der Waals surface area contributed by atoms with Gasteiger partial charge in [0.15, 0.2) is 11.5 Å². The van der Waals surface area contributed by atoms with Gasteiger partial charge in [0.05, 0.1) is 30.1 Å². The summed E-state index contributed by atoms with van der Waals surface area (Å²) in [6.45, 7) is 2.51. The number of rotatable bonds is 6. The van der Waals surface area contributed by atoms with Crippen LogP contribution in [0.2, 0.25) is 0 Å². The van der Waals surface area contributed by atoms with Gasteiger partial charge in [-0.05, 0) is 52.7 Å². The van der Waals surface area contributed by atoms with Crippen molar-refractivity contribution in [3.05, 3.63) is 52.5 Å². The number of hydrogen-bond acceptors (Lipinski definition) is 4. The predicted molar refractivity (Wildman–Crippen MR) is 89.5 cm³/mol. The van der Waals surface area contributed by atoms with E-state index in [4.69, 9.17) is 9.47 Å². The van der Waals surface area contributed by atoms with Crippen molar-refractivity contribution in [3.8, 4) is 11.5 Å². The number of nitrogens with one attached hydrogen (secondary N) is 1. The summed E-state index contributed by atoms with van der Waals surface area (Å²) in [6, 6.07) is 13.6. The van der Waals surface area contributed by atoms with Gasteiger partial charge in [-0.15, -0.1) is 0 Å². The number of hydrogen-bond donors (Lipinski definition) is 1. The average molecular weight is 349 g/mol. The quantitative estimate of drug-likeness (QED) is 0.625. The van der Waals surface area contributed by atoms with Gasteiger partial charge in [-0.3, -0.25) is 5.43 Å². The lowest BCUT2D eigenvalue weighted by Crippen LogP contribution is -1.98. The first-order valence-electron chi connectivity index (χ1n) is 6.59. The molecule has 0 unspecified atom stereocenters. The van der Waals surface area contributed by atoms with Gasteiger partial charge in [-0.25, -0.2) is 0 Å². The smallest absolute Gasteiger partial charge is 0.174 e. The molecule has 1 N–H and O–H groups in total. The zero-order valence-corrected chi connectivity index (χ0v) is 13.6. The minimum atomic E-state index is 0.575. The van der Waals surface area contributed by atoms with Crippen LogP contribution >= 0.6 is 15.9 Å². The van der Waals surface area contributed by atoms with Crippen molar-refractivity contribution in [2.24, 2.45) is 5.10 Å². The highest BCUT2D eigenvalue weighted by Crippen LogP contribution is 2.36. The molecule has 0 amide bonds. The summed E-state index contributed by atoms with van der Waals surface area (Å²) in [5.41, 5.74) is 4.82. The van der Waals surface area contributed by atoms with Crippen molar-refractivity contribution in [1.82, 2.24) is 0 Å². The van der Waals surface area contributed by atoms with Crippen LogP contribution in [-0.2, 0) is 0 Å². The van der Waals surface area contributed by atoms with Crippen molar-refractivity contribution < 1.29 is 9.47 Å². The Kier molecular flexibility index (Phi) is 5.63. The molecular weight excluding hydrogens is 332 g/mol. The SMILES string of the molecule is CCOc1cc(/C=N\Nc2ccccc2)cc(Br)c1OC. The van der Waals surface area contributed by atoms with E-state index in [2.05, 4.69) is 26.5 Å². The van der Waals surface area contributed by atoms with Gasteiger partial charge < -0.3 is 9.47 Å². The number of ether oxygens (including phenoxy) is 2. The Bertz CT molecular complexity index is 615. The maximum Gasteiger partial charge on any atom is 0.174 e. The zero-order valence-electron chi connectivity index (χ0n) is 12.0. The van der Waals surface area contributed by atoms with Crippen LogP contribution in [0.5, 0.6) is 11.5 Å². The van der Waals surface area contributed by atoms with Crippen LogP contribution in [-0.4, -0.2) is 19.9 Å². The molecule has 0 aliphatic carbocycles. The number of hydrazone groups is 1. The molecule has 2 aromatic rings. The topological polar surface area (TPSA) is 42.8 Å². The van der Waals surface area contributed by atoms with Crippen molar-refractivity contribution in [1.29, 1.82) is 0 Å². The first kappa shape index (κ1) is 15.4. The number of anilines is 1. The third-order valence-electron chi connectivity index (χ3n) is 2.72. The molecule has 0 radical (unpaired) electrons. The Morgan fingerprint density at radius 2 is 2.00 bits per heavy atom. The normalized spacial score (nSPS) is 10.6. The van der Waals surface area contributed by atoms with Gasteiger partial charge in [0.25, 0.3) is 0 Å². The van der Waals surface area contributed by atoms with E-state index in [0.717, 1.165) is 15.7 Å². The molecule has 0 heterocycles. The van der Waals surface area contributed by atoms with Crippen LogP contribution in [0.25, 0.3) is 0 Å². The van der Waals surface area contributed by atoms with Gasteiger partial charge in [0.1, 0.15) is 0 Å². The van der Waals surface area contributed by atoms with Crippen molar-refractivity contribution in [2.75, 3.05) is 19.1 Å². The molecule has 0 aliphatic heterocycles. The minimum absolute atomic E-state index is 0.575. The molecule has 0 spiro atoms. The van der Waals surface area contributed by atoms with Crippen molar-refractivity contribution in [3.63, 3.8) is 0 Å². The molecule has 0 saturated carbocycles. The number of nitrogens with zero attached hydrogens (tertiary/aromatic N) is 1. The number of methoxy groups -OCH3 is 1. The lowest BCUT2D eigenvalue weighted by Gasteiger charge is -2.11. The first-order chi connectivity index (χ1) is 10.2. The predicted octanol–water partition coefficient (Wildman–Crippen LogP) is 4.30. The van der Waals surface area contributed by atoms with Gasteiger partial charge in [-0.1, -0.05) is 18.2 Å². The van der Waals surface area contributed by atoms with Crippen LogP contribution < -0.4 is 14.9 Å². The summed E-state index contributed by atoms with van der Waals surface area (Å²) < 4.78 is 11.7. The maximum absolute atomic E-state index is 5.58. The molecule has 0 bridgehead atoms. The van der Waals surface area contributed by atoms with E-state index in [0.29, 0.717) is 18.1 Å². The summed E-state index contributed by atoms with van der Waals surface area (Å²) >= 11 is 3.48. The van der Waals surface area contributed by atoms with E-state index in [1.54, 1.807) is 13.3 Å². The average Bonchev–Trinajstić information content (AvgIpc) is 2.48. The highest BCUT2D eigenvalue weighted by atomic mass is 79.9. The Morgan fingerprint density at radius 3 is 2.67 bits per heavy atom. The third kappa shape index (κ3) is 4.23. The maximum atomic E-state index is 5.58. The third-order valence-corrected chi connectivity index (χ3v) is 3.31. The molecule has 4 nitrogen and oxygen atoms in total.